The normalized spacial score (nSPS) is 12.1. The standard InChI is InChI=1S/C12H15FN2O2/c1-17-8-12(16)7-15-6-10-4-11(13)3-2-9(10)5-14/h2-4,12,15-16H,6-8H2,1H3. The molecule has 1 atom stereocenters. The van der Waals surface area contributed by atoms with Crippen molar-refractivity contribution in [1.29, 1.82) is 5.26 Å². The molecule has 0 aliphatic carbocycles. The molecule has 0 saturated heterocycles. The quantitative estimate of drug-likeness (QED) is 0.769. The van der Waals surface area contributed by atoms with Crippen molar-refractivity contribution in [2.75, 3.05) is 20.3 Å². The van der Waals surface area contributed by atoms with E-state index in [1.807, 2.05) is 6.07 Å². The van der Waals surface area contributed by atoms with Crippen LogP contribution in [0.2, 0.25) is 0 Å². The first-order chi connectivity index (χ1) is 8.17. The van der Waals surface area contributed by atoms with Gasteiger partial charge in [-0.25, -0.2) is 4.39 Å². The smallest absolute Gasteiger partial charge is 0.123 e. The first kappa shape index (κ1) is 13.6. The van der Waals surface area contributed by atoms with E-state index in [1.165, 1.54) is 25.3 Å². The van der Waals surface area contributed by atoms with Crippen LogP contribution < -0.4 is 5.32 Å². The molecule has 0 aliphatic heterocycles. The number of halogens is 1. The summed E-state index contributed by atoms with van der Waals surface area (Å²) in [6.45, 7) is 0.901. The topological polar surface area (TPSA) is 65.3 Å². The Morgan fingerprint density at radius 1 is 1.59 bits per heavy atom. The third-order valence-electron chi connectivity index (χ3n) is 2.24. The van der Waals surface area contributed by atoms with Gasteiger partial charge < -0.3 is 15.2 Å². The zero-order valence-corrected chi connectivity index (χ0v) is 9.61. The van der Waals surface area contributed by atoms with Crippen LogP contribution in [0, 0.1) is 17.1 Å². The molecule has 4 nitrogen and oxygen atoms in total. The number of aliphatic hydroxyl groups is 1. The summed E-state index contributed by atoms with van der Waals surface area (Å²) in [5.41, 5.74) is 1.01. The van der Waals surface area contributed by atoms with E-state index < -0.39 is 6.10 Å². The van der Waals surface area contributed by atoms with Gasteiger partial charge in [-0.15, -0.1) is 0 Å². The molecular formula is C12H15FN2O2. The predicted molar refractivity (Wildman–Crippen MR) is 60.7 cm³/mol. The van der Waals surface area contributed by atoms with Crippen LogP contribution >= 0.6 is 0 Å². The number of nitriles is 1. The van der Waals surface area contributed by atoms with Crippen LogP contribution in [0.15, 0.2) is 18.2 Å². The van der Waals surface area contributed by atoms with Gasteiger partial charge in [-0.05, 0) is 23.8 Å². The maximum atomic E-state index is 13.0. The predicted octanol–water partition coefficient (Wildman–Crippen LogP) is 0.794. The van der Waals surface area contributed by atoms with Crippen LogP contribution in [0.25, 0.3) is 0 Å². The van der Waals surface area contributed by atoms with Gasteiger partial charge in [0.2, 0.25) is 0 Å². The number of rotatable bonds is 6. The van der Waals surface area contributed by atoms with Gasteiger partial charge in [-0.1, -0.05) is 0 Å². The number of nitrogens with zero attached hydrogens (tertiary/aromatic N) is 1. The summed E-state index contributed by atoms with van der Waals surface area (Å²) in [5.74, 6) is -0.377. The molecule has 0 radical (unpaired) electrons. The van der Waals surface area contributed by atoms with E-state index in [0.29, 0.717) is 24.2 Å². The number of nitrogens with one attached hydrogen (secondary N) is 1. The number of hydrogen-bond donors (Lipinski definition) is 2. The van der Waals surface area contributed by atoms with Crippen LogP contribution in [0.3, 0.4) is 0 Å². The number of benzene rings is 1. The van der Waals surface area contributed by atoms with Gasteiger partial charge in [-0.3, -0.25) is 0 Å². The Hall–Kier alpha value is -1.48. The van der Waals surface area contributed by atoms with E-state index in [9.17, 15) is 9.50 Å². The molecule has 0 fully saturated rings. The minimum atomic E-state index is -0.612. The molecule has 0 bridgehead atoms. The largest absolute Gasteiger partial charge is 0.389 e. The molecule has 5 heteroatoms. The summed E-state index contributed by atoms with van der Waals surface area (Å²) in [5, 5.41) is 21.2. The Kier molecular flexibility index (Phi) is 5.57. The number of aliphatic hydroxyl groups excluding tert-OH is 1. The minimum absolute atomic E-state index is 0.237. The highest BCUT2D eigenvalue weighted by Crippen LogP contribution is 2.09. The summed E-state index contributed by atoms with van der Waals surface area (Å²) >= 11 is 0. The molecular weight excluding hydrogens is 223 g/mol. The molecule has 0 aromatic heterocycles. The molecule has 0 heterocycles. The molecule has 0 aliphatic rings. The molecule has 0 amide bonds. The van der Waals surface area contributed by atoms with Crippen LogP contribution in [0.5, 0.6) is 0 Å². The molecule has 1 unspecified atom stereocenters. The molecule has 1 aromatic rings. The first-order valence-corrected chi connectivity index (χ1v) is 5.23. The van der Waals surface area contributed by atoms with Crippen molar-refractivity contribution in [2.45, 2.75) is 12.6 Å². The van der Waals surface area contributed by atoms with Crippen LogP contribution in [0.4, 0.5) is 4.39 Å². The van der Waals surface area contributed by atoms with Crippen molar-refractivity contribution < 1.29 is 14.2 Å². The van der Waals surface area contributed by atoms with E-state index in [2.05, 4.69) is 5.32 Å². The Balaban J connectivity index is 2.51. The summed E-state index contributed by atoms with van der Waals surface area (Å²) in [4.78, 5) is 0. The fourth-order valence-electron chi connectivity index (χ4n) is 1.44. The molecule has 1 aromatic carbocycles. The maximum absolute atomic E-state index is 13.0. The summed E-state index contributed by atoms with van der Waals surface area (Å²) < 4.78 is 17.8. The van der Waals surface area contributed by atoms with E-state index in [4.69, 9.17) is 10.00 Å². The second-order valence-corrected chi connectivity index (χ2v) is 3.65. The zero-order valence-electron chi connectivity index (χ0n) is 9.61. The molecule has 92 valence electrons. The highest BCUT2D eigenvalue weighted by Gasteiger charge is 2.06. The molecule has 0 saturated carbocycles. The van der Waals surface area contributed by atoms with Gasteiger partial charge in [0, 0.05) is 20.2 Å². The molecule has 1 rings (SSSR count). The van der Waals surface area contributed by atoms with Crippen molar-refractivity contribution in [3.05, 3.63) is 35.1 Å². The van der Waals surface area contributed by atoms with E-state index in [-0.39, 0.29) is 12.4 Å². The Bertz CT molecular complexity index is 404. The van der Waals surface area contributed by atoms with Gasteiger partial charge in [0.05, 0.1) is 24.3 Å². The number of ether oxygens (including phenoxy) is 1. The monoisotopic (exact) mass is 238 g/mol. The second-order valence-electron chi connectivity index (χ2n) is 3.65. The average Bonchev–Trinajstić information content (AvgIpc) is 2.30. The fraction of sp³-hybridized carbons (Fsp3) is 0.417. The molecule has 17 heavy (non-hydrogen) atoms. The third-order valence-corrected chi connectivity index (χ3v) is 2.24. The second kappa shape index (κ2) is 6.97. The van der Waals surface area contributed by atoms with Gasteiger partial charge >= 0.3 is 0 Å². The van der Waals surface area contributed by atoms with Crippen LogP contribution in [0.1, 0.15) is 11.1 Å². The Labute approximate surface area is 99.6 Å². The van der Waals surface area contributed by atoms with Crippen molar-refractivity contribution in [3.8, 4) is 6.07 Å². The van der Waals surface area contributed by atoms with Gasteiger partial charge in [0.15, 0.2) is 0 Å². The van der Waals surface area contributed by atoms with E-state index >= 15 is 0 Å². The lowest BCUT2D eigenvalue weighted by Crippen LogP contribution is -2.29. The Morgan fingerprint density at radius 2 is 2.35 bits per heavy atom. The van der Waals surface area contributed by atoms with E-state index in [1.54, 1.807) is 0 Å². The van der Waals surface area contributed by atoms with Crippen LogP contribution in [-0.2, 0) is 11.3 Å². The van der Waals surface area contributed by atoms with Crippen molar-refractivity contribution in [3.63, 3.8) is 0 Å². The lowest BCUT2D eigenvalue weighted by Gasteiger charge is -2.11. The Morgan fingerprint density at radius 3 is 3.00 bits per heavy atom. The van der Waals surface area contributed by atoms with Gasteiger partial charge in [0.25, 0.3) is 0 Å². The SMILES string of the molecule is COCC(O)CNCc1cc(F)ccc1C#N. The summed E-state index contributed by atoms with van der Waals surface area (Å²) in [7, 11) is 1.50. The van der Waals surface area contributed by atoms with E-state index in [0.717, 1.165) is 0 Å². The number of methoxy groups -OCH3 is 1. The first-order valence-electron chi connectivity index (χ1n) is 5.23. The third kappa shape index (κ3) is 4.49. The highest BCUT2D eigenvalue weighted by atomic mass is 19.1. The summed E-state index contributed by atoms with van der Waals surface area (Å²) in [6, 6.07) is 6.00. The molecule has 0 spiro atoms. The van der Waals surface area contributed by atoms with Crippen molar-refractivity contribution in [2.24, 2.45) is 0 Å². The zero-order chi connectivity index (χ0) is 12.7. The summed E-state index contributed by atoms with van der Waals surface area (Å²) in [6.07, 6.45) is -0.612. The van der Waals surface area contributed by atoms with Crippen molar-refractivity contribution >= 4 is 0 Å². The average molecular weight is 238 g/mol. The van der Waals surface area contributed by atoms with Crippen LogP contribution in [-0.4, -0.2) is 31.5 Å². The lowest BCUT2D eigenvalue weighted by molar-refractivity contribution is 0.0644. The van der Waals surface area contributed by atoms with Gasteiger partial charge in [-0.2, -0.15) is 5.26 Å². The van der Waals surface area contributed by atoms with Gasteiger partial charge in [0.1, 0.15) is 5.82 Å². The highest BCUT2D eigenvalue weighted by molar-refractivity contribution is 5.37. The fourth-order valence-corrected chi connectivity index (χ4v) is 1.44. The molecule has 2 N–H and O–H groups in total. The minimum Gasteiger partial charge on any atom is -0.389 e. The lowest BCUT2D eigenvalue weighted by atomic mass is 10.1. The maximum Gasteiger partial charge on any atom is 0.123 e. The van der Waals surface area contributed by atoms with Crippen molar-refractivity contribution in [1.82, 2.24) is 5.32 Å². The number of hydrogen-bond acceptors (Lipinski definition) is 4.